The van der Waals surface area contributed by atoms with Crippen LogP contribution in [-0.4, -0.2) is 11.2 Å². The Morgan fingerprint density at radius 3 is 2.61 bits per heavy atom. The highest BCUT2D eigenvalue weighted by atomic mass is 32.2. The Kier molecular flexibility index (Phi) is 6.01. The minimum Gasteiger partial charge on any atom is -0.451 e. The number of benzene rings is 2. The largest absolute Gasteiger partial charge is 0.451 e. The van der Waals surface area contributed by atoms with Gasteiger partial charge in [0.2, 0.25) is 0 Å². The topological polar surface area (TPSA) is 42.2 Å². The molecule has 0 aliphatic heterocycles. The zero-order valence-corrected chi connectivity index (χ0v) is 16.6. The zero-order valence-electron chi connectivity index (χ0n) is 15.7. The monoisotopic (exact) mass is 397 g/mol. The van der Waals surface area contributed by atoms with Gasteiger partial charge in [0.1, 0.15) is 11.4 Å². The molecule has 1 N–H and O–H groups in total. The lowest BCUT2D eigenvalue weighted by Crippen LogP contribution is -2.23. The Hall–Kier alpha value is -2.27. The minimum absolute atomic E-state index is 0.222. The molecule has 0 saturated heterocycles. The van der Waals surface area contributed by atoms with E-state index in [-0.39, 0.29) is 11.7 Å². The van der Waals surface area contributed by atoms with Crippen LogP contribution in [0.5, 0.6) is 0 Å². The number of rotatable bonds is 6. The van der Waals surface area contributed by atoms with Crippen LogP contribution in [0, 0.1) is 5.82 Å². The summed E-state index contributed by atoms with van der Waals surface area (Å²) in [6.45, 7) is 0.339. The molecule has 1 saturated carbocycles. The van der Waals surface area contributed by atoms with Crippen molar-refractivity contribution >= 4 is 28.6 Å². The number of para-hydroxylation sites is 1. The fourth-order valence-corrected chi connectivity index (χ4v) is 5.08. The van der Waals surface area contributed by atoms with Crippen molar-refractivity contribution in [1.82, 2.24) is 5.32 Å². The molecule has 1 aliphatic rings. The molecule has 0 unspecified atom stereocenters. The summed E-state index contributed by atoms with van der Waals surface area (Å²) in [4.78, 5) is 12.8. The van der Waals surface area contributed by atoms with E-state index in [1.807, 2.05) is 36.0 Å². The van der Waals surface area contributed by atoms with Gasteiger partial charge in [-0.3, -0.25) is 4.79 Å². The van der Waals surface area contributed by atoms with Crippen LogP contribution < -0.4 is 5.32 Å². The Bertz CT molecular complexity index is 945. The van der Waals surface area contributed by atoms with Crippen molar-refractivity contribution in [3.05, 3.63) is 71.2 Å². The molecular formula is C23H24FNO2S. The standard InChI is InChI=1S/C23H24FNO2S/c24-17-12-10-16(11-13-17)14-25-23(26)22-20(15-28-18-6-2-1-3-7-18)19-8-4-5-9-21(19)27-22/h4-5,8-13,18H,1-3,6-7,14-15H2,(H,25,26). The van der Waals surface area contributed by atoms with Gasteiger partial charge in [0, 0.05) is 28.5 Å². The molecule has 4 rings (SSSR count). The number of carbonyl (C=O) groups is 1. The van der Waals surface area contributed by atoms with E-state index in [2.05, 4.69) is 5.32 Å². The van der Waals surface area contributed by atoms with Crippen LogP contribution in [0.4, 0.5) is 4.39 Å². The van der Waals surface area contributed by atoms with Crippen LogP contribution >= 0.6 is 11.8 Å². The van der Waals surface area contributed by atoms with Crippen LogP contribution in [-0.2, 0) is 12.3 Å². The maximum Gasteiger partial charge on any atom is 0.287 e. The van der Waals surface area contributed by atoms with Crippen LogP contribution in [0.3, 0.4) is 0 Å². The van der Waals surface area contributed by atoms with Gasteiger partial charge in [-0.2, -0.15) is 11.8 Å². The summed E-state index contributed by atoms with van der Waals surface area (Å²) in [7, 11) is 0. The molecule has 146 valence electrons. The molecule has 1 heterocycles. The number of furan rings is 1. The number of nitrogens with one attached hydrogen (secondary N) is 1. The molecule has 0 bridgehead atoms. The van der Waals surface area contributed by atoms with Crippen molar-refractivity contribution in [2.45, 2.75) is 49.7 Å². The molecule has 0 radical (unpaired) electrons. The van der Waals surface area contributed by atoms with Gasteiger partial charge in [-0.15, -0.1) is 0 Å². The average Bonchev–Trinajstić information content (AvgIpc) is 3.11. The predicted molar refractivity (Wildman–Crippen MR) is 112 cm³/mol. The van der Waals surface area contributed by atoms with E-state index in [0.717, 1.165) is 27.8 Å². The van der Waals surface area contributed by atoms with E-state index >= 15 is 0 Å². The van der Waals surface area contributed by atoms with E-state index < -0.39 is 0 Å². The molecule has 3 nitrogen and oxygen atoms in total. The number of hydrogen-bond donors (Lipinski definition) is 1. The zero-order chi connectivity index (χ0) is 19.3. The average molecular weight is 398 g/mol. The van der Waals surface area contributed by atoms with Crippen LogP contribution in [0.1, 0.15) is 53.8 Å². The summed E-state index contributed by atoms with van der Waals surface area (Å²) in [5.74, 6) is 0.668. The van der Waals surface area contributed by atoms with E-state index in [1.54, 1.807) is 12.1 Å². The SMILES string of the molecule is O=C(NCc1ccc(F)cc1)c1oc2ccccc2c1CSC1CCCCC1. The third kappa shape index (κ3) is 4.41. The van der Waals surface area contributed by atoms with Gasteiger partial charge in [-0.25, -0.2) is 4.39 Å². The van der Waals surface area contributed by atoms with Crippen LogP contribution in [0.2, 0.25) is 0 Å². The fourth-order valence-electron chi connectivity index (χ4n) is 3.72. The van der Waals surface area contributed by atoms with E-state index in [4.69, 9.17) is 4.42 Å². The maximum atomic E-state index is 13.1. The Balaban J connectivity index is 1.51. The van der Waals surface area contributed by atoms with Crippen molar-refractivity contribution < 1.29 is 13.6 Å². The summed E-state index contributed by atoms with van der Waals surface area (Å²) in [5, 5.41) is 4.59. The molecule has 28 heavy (non-hydrogen) atoms. The van der Waals surface area contributed by atoms with E-state index in [0.29, 0.717) is 17.6 Å². The molecule has 0 atom stereocenters. The summed E-state index contributed by atoms with van der Waals surface area (Å²) in [6, 6.07) is 14.0. The van der Waals surface area contributed by atoms with Gasteiger partial charge < -0.3 is 9.73 Å². The van der Waals surface area contributed by atoms with Crippen LogP contribution in [0.15, 0.2) is 52.9 Å². The summed E-state index contributed by atoms with van der Waals surface area (Å²) < 4.78 is 19.0. The smallest absolute Gasteiger partial charge is 0.287 e. The van der Waals surface area contributed by atoms with E-state index in [9.17, 15) is 9.18 Å². The fraction of sp³-hybridized carbons (Fsp3) is 0.348. The van der Waals surface area contributed by atoms with Gasteiger partial charge in [-0.05, 0) is 36.6 Å². The molecule has 1 aliphatic carbocycles. The first-order valence-electron chi connectivity index (χ1n) is 9.85. The maximum absolute atomic E-state index is 13.1. The number of halogens is 1. The predicted octanol–water partition coefficient (Wildman–Crippen LogP) is 6.07. The number of amides is 1. The molecule has 3 aromatic rings. The molecule has 0 spiro atoms. The second kappa shape index (κ2) is 8.82. The third-order valence-corrected chi connectivity index (χ3v) is 6.68. The second-order valence-corrected chi connectivity index (χ2v) is 8.57. The number of carbonyl (C=O) groups excluding carboxylic acids is 1. The van der Waals surface area contributed by atoms with E-state index in [1.165, 1.54) is 44.2 Å². The van der Waals surface area contributed by atoms with Crippen molar-refractivity contribution in [2.75, 3.05) is 0 Å². The lowest BCUT2D eigenvalue weighted by atomic mass is 10.0. The lowest BCUT2D eigenvalue weighted by molar-refractivity contribution is 0.0924. The molecule has 1 amide bonds. The summed E-state index contributed by atoms with van der Waals surface area (Å²) in [6.07, 6.45) is 6.45. The minimum atomic E-state index is -0.283. The van der Waals surface area contributed by atoms with Gasteiger partial charge in [0.05, 0.1) is 0 Å². The number of fused-ring (bicyclic) bond motifs is 1. The first-order chi connectivity index (χ1) is 13.7. The Morgan fingerprint density at radius 2 is 1.82 bits per heavy atom. The molecule has 1 fully saturated rings. The summed E-state index contributed by atoms with van der Waals surface area (Å²) >= 11 is 1.94. The molecule has 5 heteroatoms. The number of hydrogen-bond acceptors (Lipinski definition) is 3. The molecule has 2 aromatic carbocycles. The quantitative estimate of drug-likeness (QED) is 0.549. The van der Waals surface area contributed by atoms with Crippen molar-refractivity contribution in [3.8, 4) is 0 Å². The van der Waals surface area contributed by atoms with Gasteiger partial charge in [0.15, 0.2) is 5.76 Å². The van der Waals surface area contributed by atoms with Gasteiger partial charge in [0.25, 0.3) is 5.91 Å². The van der Waals surface area contributed by atoms with Gasteiger partial charge >= 0.3 is 0 Å². The Morgan fingerprint density at radius 1 is 1.07 bits per heavy atom. The van der Waals surface area contributed by atoms with Crippen molar-refractivity contribution in [2.24, 2.45) is 0 Å². The van der Waals surface area contributed by atoms with Crippen molar-refractivity contribution in [1.29, 1.82) is 0 Å². The summed E-state index contributed by atoms with van der Waals surface area (Å²) in [5.41, 5.74) is 2.57. The molecule has 1 aromatic heterocycles. The highest BCUT2D eigenvalue weighted by Gasteiger charge is 2.22. The highest BCUT2D eigenvalue weighted by molar-refractivity contribution is 7.99. The highest BCUT2D eigenvalue weighted by Crippen LogP contribution is 2.35. The van der Waals surface area contributed by atoms with Crippen LogP contribution in [0.25, 0.3) is 11.0 Å². The first-order valence-corrected chi connectivity index (χ1v) is 10.9. The lowest BCUT2D eigenvalue weighted by Gasteiger charge is -2.20. The third-order valence-electron chi connectivity index (χ3n) is 5.29. The van der Waals surface area contributed by atoms with Gasteiger partial charge in [-0.1, -0.05) is 49.6 Å². The second-order valence-electron chi connectivity index (χ2n) is 7.29. The molecular weight excluding hydrogens is 373 g/mol. The first kappa shape index (κ1) is 19.1. The normalized spacial score (nSPS) is 15.0. The van der Waals surface area contributed by atoms with Crippen molar-refractivity contribution in [3.63, 3.8) is 0 Å². The Labute approximate surface area is 168 Å². The number of thioether (sulfide) groups is 1.